The molecule has 1 unspecified atom stereocenters. The first-order valence-electron chi connectivity index (χ1n) is 8.15. The van der Waals surface area contributed by atoms with Crippen molar-refractivity contribution in [3.05, 3.63) is 0 Å². The summed E-state index contributed by atoms with van der Waals surface area (Å²) in [6.45, 7) is 3.16. The van der Waals surface area contributed by atoms with E-state index in [0.29, 0.717) is 31.8 Å². The van der Waals surface area contributed by atoms with Crippen molar-refractivity contribution in [3.8, 4) is 0 Å². The molecule has 1 amide bonds. The fourth-order valence-corrected chi connectivity index (χ4v) is 3.78. The third-order valence-corrected chi connectivity index (χ3v) is 5.47. The second kappa shape index (κ2) is 6.77. The van der Waals surface area contributed by atoms with Gasteiger partial charge < -0.3 is 15.1 Å². The van der Waals surface area contributed by atoms with Crippen molar-refractivity contribution in [1.29, 1.82) is 0 Å². The molecule has 5 heteroatoms. The van der Waals surface area contributed by atoms with Gasteiger partial charge in [-0.05, 0) is 50.9 Å². The molecule has 0 radical (unpaired) electrons. The van der Waals surface area contributed by atoms with Gasteiger partial charge in [0.05, 0.1) is 5.41 Å². The Hall–Kier alpha value is -1.10. The van der Waals surface area contributed by atoms with E-state index in [9.17, 15) is 14.7 Å². The maximum atomic E-state index is 12.6. The van der Waals surface area contributed by atoms with E-state index >= 15 is 0 Å². The van der Waals surface area contributed by atoms with Crippen LogP contribution in [0.3, 0.4) is 0 Å². The number of hydrogen-bond acceptors (Lipinski definition) is 3. The van der Waals surface area contributed by atoms with Gasteiger partial charge in [0.15, 0.2) is 0 Å². The van der Waals surface area contributed by atoms with Crippen LogP contribution in [0.15, 0.2) is 0 Å². The standard InChI is InChI=1S/C16H27NO4/c1-2-16(15(20)21)8-3-9-17(11-16)14(19)13-6-4-12(10-18)5-7-13/h12-13,18H,2-11H2,1H3,(H,20,21). The van der Waals surface area contributed by atoms with E-state index < -0.39 is 11.4 Å². The van der Waals surface area contributed by atoms with E-state index in [0.717, 1.165) is 32.1 Å². The lowest BCUT2D eigenvalue weighted by atomic mass is 9.76. The largest absolute Gasteiger partial charge is 0.481 e. The van der Waals surface area contributed by atoms with Crippen LogP contribution in [0.1, 0.15) is 51.9 Å². The van der Waals surface area contributed by atoms with Crippen molar-refractivity contribution >= 4 is 11.9 Å². The minimum atomic E-state index is -0.772. The Kier molecular flexibility index (Phi) is 5.25. The first-order valence-corrected chi connectivity index (χ1v) is 8.15. The fourth-order valence-electron chi connectivity index (χ4n) is 3.78. The molecule has 2 fully saturated rings. The molecule has 1 aliphatic carbocycles. The van der Waals surface area contributed by atoms with E-state index in [1.807, 2.05) is 6.92 Å². The van der Waals surface area contributed by atoms with Gasteiger partial charge >= 0.3 is 5.97 Å². The van der Waals surface area contributed by atoms with Crippen LogP contribution in [0.25, 0.3) is 0 Å². The molecule has 1 heterocycles. The number of aliphatic hydroxyl groups is 1. The van der Waals surface area contributed by atoms with Crippen LogP contribution in [0.4, 0.5) is 0 Å². The molecule has 5 nitrogen and oxygen atoms in total. The highest BCUT2D eigenvalue weighted by Crippen LogP contribution is 2.36. The zero-order valence-corrected chi connectivity index (χ0v) is 12.9. The van der Waals surface area contributed by atoms with Crippen LogP contribution in [-0.2, 0) is 9.59 Å². The SMILES string of the molecule is CCC1(C(=O)O)CCCN(C(=O)C2CCC(CO)CC2)C1. The normalized spacial score (nSPS) is 33.7. The highest BCUT2D eigenvalue weighted by atomic mass is 16.4. The van der Waals surface area contributed by atoms with Crippen molar-refractivity contribution in [2.45, 2.75) is 51.9 Å². The highest BCUT2D eigenvalue weighted by molar-refractivity contribution is 5.81. The summed E-state index contributed by atoms with van der Waals surface area (Å²) < 4.78 is 0. The summed E-state index contributed by atoms with van der Waals surface area (Å²) in [5, 5.41) is 18.7. The lowest BCUT2D eigenvalue weighted by molar-refractivity contribution is -0.156. The lowest BCUT2D eigenvalue weighted by Crippen LogP contribution is -2.51. The number of amides is 1. The highest BCUT2D eigenvalue weighted by Gasteiger charge is 2.43. The molecule has 2 N–H and O–H groups in total. The molecule has 0 aromatic rings. The first kappa shape index (κ1) is 16.3. The number of aliphatic carboxylic acids is 1. The van der Waals surface area contributed by atoms with Gasteiger partial charge in [0, 0.05) is 25.6 Å². The maximum absolute atomic E-state index is 12.6. The van der Waals surface area contributed by atoms with Gasteiger partial charge in [0.1, 0.15) is 0 Å². The summed E-state index contributed by atoms with van der Waals surface area (Å²) in [5.74, 6) is -0.282. The van der Waals surface area contributed by atoms with Gasteiger partial charge in [-0.3, -0.25) is 9.59 Å². The van der Waals surface area contributed by atoms with Gasteiger partial charge in [-0.1, -0.05) is 6.92 Å². The van der Waals surface area contributed by atoms with Gasteiger partial charge in [0.2, 0.25) is 5.91 Å². The number of rotatable bonds is 4. The van der Waals surface area contributed by atoms with Crippen LogP contribution < -0.4 is 0 Å². The first-order chi connectivity index (χ1) is 10.0. The molecule has 1 aliphatic heterocycles. The summed E-state index contributed by atoms with van der Waals surface area (Å²) in [7, 11) is 0. The van der Waals surface area contributed by atoms with Crippen LogP contribution in [0, 0.1) is 17.3 Å². The molecule has 2 rings (SSSR count). The molecule has 0 spiro atoms. The van der Waals surface area contributed by atoms with E-state index in [-0.39, 0.29) is 18.4 Å². The Morgan fingerprint density at radius 3 is 2.43 bits per heavy atom. The Morgan fingerprint density at radius 2 is 1.90 bits per heavy atom. The van der Waals surface area contributed by atoms with E-state index in [4.69, 9.17) is 5.11 Å². The second-order valence-corrected chi connectivity index (χ2v) is 6.70. The monoisotopic (exact) mass is 297 g/mol. The summed E-state index contributed by atoms with van der Waals surface area (Å²) >= 11 is 0. The van der Waals surface area contributed by atoms with Crippen LogP contribution in [-0.4, -0.2) is 46.7 Å². The van der Waals surface area contributed by atoms with Crippen molar-refractivity contribution in [3.63, 3.8) is 0 Å². The molecule has 0 aromatic carbocycles. The minimum Gasteiger partial charge on any atom is -0.481 e. The van der Waals surface area contributed by atoms with Gasteiger partial charge in [-0.15, -0.1) is 0 Å². The molecular formula is C16H27NO4. The van der Waals surface area contributed by atoms with Gasteiger partial charge in [-0.25, -0.2) is 0 Å². The number of nitrogens with zero attached hydrogens (tertiary/aromatic N) is 1. The Balaban J connectivity index is 1.98. The molecule has 2 aliphatic rings. The third-order valence-electron chi connectivity index (χ3n) is 5.47. The number of hydrogen-bond donors (Lipinski definition) is 2. The molecule has 0 aromatic heterocycles. The van der Waals surface area contributed by atoms with Crippen LogP contribution in [0.5, 0.6) is 0 Å². The number of piperidine rings is 1. The van der Waals surface area contributed by atoms with E-state index in [1.165, 1.54) is 0 Å². The molecule has 21 heavy (non-hydrogen) atoms. The third kappa shape index (κ3) is 3.39. The lowest BCUT2D eigenvalue weighted by Gasteiger charge is -2.41. The second-order valence-electron chi connectivity index (χ2n) is 6.70. The van der Waals surface area contributed by atoms with Crippen molar-refractivity contribution in [2.24, 2.45) is 17.3 Å². The van der Waals surface area contributed by atoms with Crippen molar-refractivity contribution < 1.29 is 19.8 Å². The fraction of sp³-hybridized carbons (Fsp3) is 0.875. The van der Waals surface area contributed by atoms with Crippen LogP contribution >= 0.6 is 0 Å². The molecule has 1 saturated heterocycles. The maximum Gasteiger partial charge on any atom is 0.311 e. The molecule has 120 valence electrons. The zero-order chi connectivity index (χ0) is 15.5. The van der Waals surface area contributed by atoms with Crippen molar-refractivity contribution in [2.75, 3.05) is 19.7 Å². The molecule has 0 bridgehead atoms. The number of carboxylic acids is 1. The topological polar surface area (TPSA) is 77.8 Å². The quantitative estimate of drug-likeness (QED) is 0.830. The molecule has 1 atom stereocenters. The average molecular weight is 297 g/mol. The van der Waals surface area contributed by atoms with Crippen molar-refractivity contribution in [1.82, 2.24) is 4.90 Å². The summed E-state index contributed by atoms with van der Waals surface area (Å²) in [6, 6.07) is 0. The Labute approximate surface area is 126 Å². The number of carboxylic acid groups (broad SMARTS) is 1. The number of carbonyl (C=O) groups is 2. The Bertz CT molecular complexity index is 390. The number of aliphatic hydroxyl groups excluding tert-OH is 1. The Morgan fingerprint density at radius 1 is 1.24 bits per heavy atom. The number of likely N-dealkylation sites (tertiary alicyclic amines) is 1. The predicted molar refractivity (Wildman–Crippen MR) is 78.7 cm³/mol. The molecular weight excluding hydrogens is 270 g/mol. The predicted octanol–water partition coefficient (Wildman–Crippen LogP) is 1.89. The van der Waals surface area contributed by atoms with Gasteiger partial charge in [-0.2, -0.15) is 0 Å². The van der Waals surface area contributed by atoms with Gasteiger partial charge in [0.25, 0.3) is 0 Å². The van der Waals surface area contributed by atoms with E-state index in [1.54, 1.807) is 4.90 Å². The van der Waals surface area contributed by atoms with E-state index in [2.05, 4.69) is 0 Å². The zero-order valence-electron chi connectivity index (χ0n) is 12.9. The average Bonchev–Trinajstić information content (AvgIpc) is 2.54. The summed E-state index contributed by atoms with van der Waals surface area (Å²) in [4.78, 5) is 26.0. The number of carbonyl (C=O) groups excluding carboxylic acids is 1. The summed E-state index contributed by atoms with van der Waals surface area (Å²) in [6.07, 6.45) is 5.47. The smallest absolute Gasteiger partial charge is 0.311 e. The minimum absolute atomic E-state index is 0.0225. The summed E-state index contributed by atoms with van der Waals surface area (Å²) in [5.41, 5.74) is -0.754. The molecule has 1 saturated carbocycles. The van der Waals surface area contributed by atoms with Crippen LogP contribution in [0.2, 0.25) is 0 Å².